The summed E-state index contributed by atoms with van der Waals surface area (Å²) < 4.78 is 29.5. The Bertz CT molecular complexity index is 533. The van der Waals surface area contributed by atoms with Crippen LogP contribution in [0.2, 0.25) is 0 Å². The van der Waals surface area contributed by atoms with Crippen LogP contribution in [0.5, 0.6) is 5.75 Å². The van der Waals surface area contributed by atoms with Crippen LogP contribution in [0.4, 0.5) is 0 Å². The van der Waals surface area contributed by atoms with Gasteiger partial charge in [0, 0.05) is 0 Å². The van der Waals surface area contributed by atoms with Gasteiger partial charge in [0.05, 0.1) is 17.8 Å². The molecule has 1 aromatic rings. The van der Waals surface area contributed by atoms with Crippen LogP contribution in [0, 0.1) is 11.3 Å². The van der Waals surface area contributed by atoms with E-state index >= 15 is 0 Å². The molecule has 1 spiro atoms. The zero-order valence-electron chi connectivity index (χ0n) is 10.6. The summed E-state index contributed by atoms with van der Waals surface area (Å²) in [5, 5.41) is 0. The van der Waals surface area contributed by atoms with Crippen molar-refractivity contribution >= 4 is 9.84 Å². The van der Waals surface area contributed by atoms with Crippen LogP contribution >= 0.6 is 0 Å². The van der Waals surface area contributed by atoms with Crippen molar-refractivity contribution in [3.8, 4) is 5.75 Å². The van der Waals surface area contributed by atoms with Gasteiger partial charge in [-0.15, -0.1) is 0 Å². The van der Waals surface area contributed by atoms with E-state index in [2.05, 4.69) is 0 Å². The minimum Gasteiger partial charge on any atom is -0.497 e. The molecule has 1 aromatic carbocycles. The highest BCUT2D eigenvalue weighted by molar-refractivity contribution is 7.91. The molecule has 0 N–H and O–H groups in total. The highest BCUT2D eigenvalue weighted by Crippen LogP contribution is 2.63. The number of ether oxygens (including phenoxy) is 1. The fourth-order valence-corrected chi connectivity index (χ4v) is 4.66. The van der Waals surface area contributed by atoms with Crippen LogP contribution in [0.3, 0.4) is 0 Å². The lowest BCUT2D eigenvalue weighted by atomic mass is 9.73. The lowest BCUT2D eigenvalue weighted by Crippen LogP contribution is -2.31. The normalized spacial score (nSPS) is 21.6. The summed E-state index contributed by atoms with van der Waals surface area (Å²) in [4.78, 5) is 0.417. The third-order valence-electron chi connectivity index (χ3n) is 4.27. The molecule has 3 rings (SSSR count). The quantitative estimate of drug-likeness (QED) is 0.841. The monoisotopic (exact) mass is 266 g/mol. The molecule has 0 aromatic heterocycles. The topological polar surface area (TPSA) is 43.4 Å². The van der Waals surface area contributed by atoms with E-state index in [1.165, 1.54) is 12.8 Å². The first-order valence-corrected chi connectivity index (χ1v) is 8.05. The van der Waals surface area contributed by atoms with Crippen molar-refractivity contribution in [1.29, 1.82) is 0 Å². The molecular weight excluding hydrogens is 248 g/mol. The largest absolute Gasteiger partial charge is 0.497 e. The van der Waals surface area contributed by atoms with E-state index in [-0.39, 0.29) is 0 Å². The van der Waals surface area contributed by atoms with Gasteiger partial charge in [0.1, 0.15) is 5.75 Å². The molecular formula is C14H18O3S. The highest BCUT2D eigenvalue weighted by Gasteiger charge is 2.53. The smallest absolute Gasteiger partial charge is 0.178 e. The second-order valence-electron chi connectivity index (χ2n) is 5.73. The summed E-state index contributed by atoms with van der Waals surface area (Å²) in [6.07, 6.45) is 4.85. The Morgan fingerprint density at radius 2 is 1.83 bits per heavy atom. The van der Waals surface area contributed by atoms with Gasteiger partial charge >= 0.3 is 0 Å². The number of methoxy groups -OCH3 is 1. The number of hydrogen-bond acceptors (Lipinski definition) is 3. The molecule has 0 atom stereocenters. The van der Waals surface area contributed by atoms with E-state index in [4.69, 9.17) is 4.74 Å². The van der Waals surface area contributed by atoms with Crippen LogP contribution < -0.4 is 4.74 Å². The SMILES string of the molecule is COc1ccc(S(=O)(=O)CC2CC3(CC3)C2)cc1. The van der Waals surface area contributed by atoms with Crippen LogP contribution in [-0.4, -0.2) is 21.3 Å². The first kappa shape index (κ1) is 12.0. The van der Waals surface area contributed by atoms with E-state index < -0.39 is 9.84 Å². The van der Waals surface area contributed by atoms with E-state index in [1.807, 2.05) is 0 Å². The molecule has 0 aliphatic heterocycles. The van der Waals surface area contributed by atoms with Gasteiger partial charge in [-0.2, -0.15) is 0 Å². The first-order valence-electron chi connectivity index (χ1n) is 6.40. The molecule has 2 aliphatic rings. The number of rotatable bonds is 4. The zero-order chi connectivity index (χ0) is 12.8. The summed E-state index contributed by atoms with van der Waals surface area (Å²) in [6.45, 7) is 0. The average Bonchev–Trinajstić information content (AvgIpc) is 3.09. The molecule has 0 amide bonds. The molecule has 2 fully saturated rings. The van der Waals surface area contributed by atoms with Crippen molar-refractivity contribution in [1.82, 2.24) is 0 Å². The van der Waals surface area contributed by atoms with E-state index in [0.29, 0.717) is 27.7 Å². The molecule has 3 nitrogen and oxygen atoms in total. The van der Waals surface area contributed by atoms with Gasteiger partial charge in [-0.05, 0) is 61.3 Å². The van der Waals surface area contributed by atoms with Gasteiger partial charge in [-0.3, -0.25) is 0 Å². The van der Waals surface area contributed by atoms with Crippen molar-refractivity contribution in [2.45, 2.75) is 30.6 Å². The van der Waals surface area contributed by atoms with Crippen molar-refractivity contribution in [3.63, 3.8) is 0 Å². The maximum Gasteiger partial charge on any atom is 0.178 e. The molecule has 0 heterocycles. The van der Waals surface area contributed by atoms with Crippen LogP contribution in [0.15, 0.2) is 29.2 Å². The number of benzene rings is 1. The first-order chi connectivity index (χ1) is 8.53. The maximum atomic E-state index is 12.2. The zero-order valence-corrected chi connectivity index (χ0v) is 11.4. The second kappa shape index (κ2) is 3.98. The summed E-state index contributed by atoms with van der Waals surface area (Å²) in [5.74, 6) is 1.37. The summed E-state index contributed by atoms with van der Waals surface area (Å²) >= 11 is 0. The van der Waals surface area contributed by atoms with Gasteiger partial charge in [-0.25, -0.2) is 8.42 Å². The Labute approximate surface area is 108 Å². The van der Waals surface area contributed by atoms with Gasteiger partial charge < -0.3 is 4.74 Å². The molecule has 0 radical (unpaired) electrons. The van der Waals surface area contributed by atoms with Crippen LogP contribution in [-0.2, 0) is 9.84 Å². The minimum absolute atomic E-state index is 0.307. The third-order valence-corrected chi connectivity index (χ3v) is 6.17. The van der Waals surface area contributed by atoms with Crippen molar-refractivity contribution in [3.05, 3.63) is 24.3 Å². The predicted molar refractivity (Wildman–Crippen MR) is 69.4 cm³/mol. The average molecular weight is 266 g/mol. The van der Waals surface area contributed by atoms with Crippen LogP contribution in [0.1, 0.15) is 25.7 Å². The molecule has 2 aliphatic carbocycles. The fraction of sp³-hybridized carbons (Fsp3) is 0.571. The van der Waals surface area contributed by atoms with Gasteiger partial charge in [0.2, 0.25) is 0 Å². The molecule has 2 saturated carbocycles. The third kappa shape index (κ3) is 2.14. The summed E-state index contributed by atoms with van der Waals surface area (Å²) in [7, 11) is -1.55. The van der Waals surface area contributed by atoms with E-state index in [1.54, 1.807) is 31.4 Å². The van der Waals surface area contributed by atoms with Crippen molar-refractivity contribution < 1.29 is 13.2 Å². The lowest BCUT2D eigenvalue weighted by molar-refractivity contribution is 0.189. The Hall–Kier alpha value is -1.03. The van der Waals surface area contributed by atoms with Gasteiger partial charge in [0.25, 0.3) is 0 Å². The minimum atomic E-state index is -3.12. The second-order valence-corrected chi connectivity index (χ2v) is 7.77. The summed E-state index contributed by atoms with van der Waals surface area (Å²) in [5.41, 5.74) is 0.570. The van der Waals surface area contributed by atoms with Crippen molar-refractivity contribution in [2.24, 2.45) is 11.3 Å². The maximum absolute atomic E-state index is 12.2. The van der Waals surface area contributed by atoms with Gasteiger partial charge in [0.15, 0.2) is 9.84 Å². The van der Waals surface area contributed by atoms with Gasteiger partial charge in [-0.1, -0.05) is 0 Å². The number of sulfone groups is 1. The number of hydrogen-bond donors (Lipinski definition) is 0. The standard InChI is InChI=1S/C14H18O3S/c1-17-12-2-4-13(5-3-12)18(15,16)10-11-8-14(9-11)6-7-14/h2-5,11H,6-10H2,1H3. The molecule has 0 unspecified atom stereocenters. The highest BCUT2D eigenvalue weighted by atomic mass is 32.2. The Morgan fingerprint density at radius 1 is 1.22 bits per heavy atom. The Morgan fingerprint density at radius 3 is 2.33 bits per heavy atom. The Balaban J connectivity index is 1.68. The predicted octanol–water partition coefficient (Wildman–Crippen LogP) is 2.66. The van der Waals surface area contributed by atoms with E-state index in [0.717, 1.165) is 12.8 Å². The molecule has 18 heavy (non-hydrogen) atoms. The van der Waals surface area contributed by atoms with Crippen molar-refractivity contribution in [2.75, 3.05) is 12.9 Å². The molecule has 0 bridgehead atoms. The Kier molecular flexibility index (Phi) is 2.66. The molecule has 0 saturated heterocycles. The van der Waals surface area contributed by atoms with E-state index in [9.17, 15) is 8.42 Å². The van der Waals surface area contributed by atoms with Crippen LogP contribution in [0.25, 0.3) is 0 Å². The molecule has 98 valence electrons. The summed E-state index contributed by atoms with van der Waals surface area (Å²) in [6, 6.07) is 6.69. The molecule has 4 heteroatoms. The lowest BCUT2D eigenvalue weighted by Gasteiger charge is -2.35. The fourth-order valence-electron chi connectivity index (χ4n) is 3.06.